The number of nitrogens with one attached hydrogen (secondary N) is 2. The van der Waals surface area contributed by atoms with Crippen molar-refractivity contribution >= 4 is 17.8 Å². The van der Waals surface area contributed by atoms with Crippen molar-refractivity contribution in [3.05, 3.63) is 35.4 Å². The van der Waals surface area contributed by atoms with E-state index in [0.717, 1.165) is 12.1 Å². The van der Waals surface area contributed by atoms with Crippen LogP contribution in [0.3, 0.4) is 0 Å². The molecular formula is C17H20F3N3O5. The van der Waals surface area contributed by atoms with E-state index in [2.05, 4.69) is 5.32 Å². The van der Waals surface area contributed by atoms with E-state index in [1.807, 2.05) is 0 Å². The lowest BCUT2D eigenvalue weighted by Crippen LogP contribution is -2.52. The Morgan fingerprint density at radius 2 is 2.04 bits per heavy atom. The van der Waals surface area contributed by atoms with Gasteiger partial charge in [0.15, 0.2) is 0 Å². The van der Waals surface area contributed by atoms with E-state index in [1.54, 1.807) is 13.8 Å². The third kappa shape index (κ3) is 4.78. The Balaban J connectivity index is 2.00. The first kappa shape index (κ1) is 21.6. The molecule has 0 saturated carbocycles. The predicted molar refractivity (Wildman–Crippen MR) is 88.8 cm³/mol. The number of nitrogens with zero attached hydrogens (tertiary/aromatic N) is 1. The number of halogens is 3. The van der Waals surface area contributed by atoms with E-state index in [-0.39, 0.29) is 18.8 Å². The number of hydroxylamine groups is 1. The van der Waals surface area contributed by atoms with Crippen LogP contribution in [0.5, 0.6) is 0 Å². The third-order valence-electron chi connectivity index (χ3n) is 4.15. The number of urea groups is 1. The van der Waals surface area contributed by atoms with Gasteiger partial charge >= 0.3 is 12.2 Å². The molecule has 8 nitrogen and oxygen atoms in total. The highest BCUT2D eigenvalue weighted by Crippen LogP contribution is 2.29. The smallest absolute Gasteiger partial charge is 0.374 e. The number of hydrogen-bond acceptors (Lipinski definition) is 5. The molecule has 1 aliphatic rings. The zero-order valence-electron chi connectivity index (χ0n) is 15.1. The molecule has 1 saturated heterocycles. The minimum atomic E-state index is -4.48. The van der Waals surface area contributed by atoms with Crippen LogP contribution in [0.2, 0.25) is 0 Å². The molecule has 4 amide bonds. The van der Waals surface area contributed by atoms with Crippen LogP contribution < -0.4 is 10.8 Å². The minimum Gasteiger partial charge on any atom is -0.374 e. The first-order valence-electron chi connectivity index (χ1n) is 8.37. The summed E-state index contributed by atoms with van der Waals surface area (Å²) in [6.07, 6.45) is -4.48. The standard InChI is InChI=1S/C17H20F3N3O5/c1-9(2)13(14(24)22-27)23-15(25)12(21-16(23)26)8-28-7-10-4-3-5-11(6-10)17(18,19)20/h3-6,9,12-13,27H,7-8H2,1-2H3,(H,21,26)(H,22,24)/t12-,13+/m0/s1. The quantitative estimate of drug-likeness (QED) is 0.365. The molecule has 0 bridgehead atoms. The lowest BCUT2D eigenvalue weighted by Gasteiger charge is -2.26. The Bertz CT molecular complexity index is 754. The second-order valence-electron chi connectivity index (χ2n) is 6.59. The average Bonchev–Trinajstić information content (AvgIpc) is 2.89. The van der Waals surface area contributed by atoms with Crippen molar-refractivity contribution < 1.29 is 37.5 Å². The van der Waals surface area contributed by atoms with E-state index in [0.29, 0.717) is 4.90 Å². The van der Waals surface area contributed by atoms with Gasteiger partial charge in [0.05, 0.1) is 18.8 Å². The maximum atomic E-state index is 12.7. The van der Waals surface area contributed by atoms with E-state index in [1.165, 1.54) is 17.6 Å². The van der Waals surface area contributed by atoms with Gasteiger partial charge in [-0.3, -0.25) is 14.8 Å². The van der Waals surface area contributed by atoms with Crippen molar-refractivity contribution in [2.45, 2.75) is 38.7 Å². The lowest BCUT2D eigenvalue weighted by molar-refractivity contribution is -0.142. The Kier molecular flexibility index (Phi) is 6.62. The van der Waals surface area contributed by atoms with Gasteiger partial charge < -0.3 is 10.1 Å². The molecule has 28 heavy (non-hydrogen) atoms. The van der Waals surface area contributed by atoms with Crippen LogP contribution in [-0.2, 0) is 27.1 Å². The highest BCUT2D eigenvalue weighted by atomic mass is 19.4. The summed E-state index contributed by atoms with van der Waals surface area (Å²) in [4.78, 5) is 37.1. The Morgan fingerprint density at radius 3 is 2.61 bits per heavy atom. The van der Waals surface area contributed by atoms with Crippen molar-refractivity contribution in [2.24, 2.45) is 5.92 Å². The summed E-state index contributed by atoms with van der Waals surface area (Å²) in [7, 11) is 0. The molecule has 0 aromatic heterocycles. The first-order valence-corrected chi connectivity index (χ1v) is 8.37. The molecule has 0 unspecified atom stereocenters. The Morgan fingerprint density at radius 1 is 1.36 bits per heavy atom. The fourth-order valence-corrected chi connectivity index (χ4v) is 2.84. The lowest BCUT2D eigenvalue weighted by atomic mass is 10.0. The number of hydrogen-bond donors (Lipinski definition) is 3. The van der Waals surface area contributed by atoms with Gasteiger partial charge in [0, 0.05) is 0 Å². The maximum Gasteiger partial charge on any atom is 0.416 e. The van der Waals surface area contributed by atoms with Crippen molar-refractivity contribution in [3.63, 3.8) is 0 Å². The largest absolute Gasteiger partial charge is 0.416 e. The molecule has 0 radical (unpaired) electrons. The molecule has 1 aromatic rings. The summed E-state index contributed by atoms with van der Waals surface area (Å²) in [6.45, 7) is 2.70. The van der Waals surface area contributed by atoms with Crippen molar-refractivity contribution in [3.8, 4) is 0 Å². The number of amides is 4. The van der Waals surface area contributed by atoms with Crippen LogP contribution in [0, 0.1) is 5.92 Å². The van der Waals surface area contributed by atoms with Gasteiger partial charge in [0.2, 0.25) is 0 Å². The predicted octanol–water partition coefficient (Wildman–Crippen LogP) is 1.67. The monoisotopic (exact) mass is 403 g/mol. The fraction of sp³-hybridized carbons (Fsp3) is 0.471. The molecule has 3 N–H and O–H groups in total. The number of ether oxygens (including phenoxy) is 1. The average molecular weight is 403 g/mol. The van der Waals surface area contributed by atoms with Gasteiger partial charge in [0.25, 0.3) is 11.8 Å². The summed E-state index contributed by atoms with van der Waals surface area (Å²) >= 11 is 0. The molecule has 1 heterocycles. The van der Waals surface area contributed by atoms with Crippen LogP contribution in [0.25, 0.3) is 0 Å². The number of carbonyl (C=O) groups excluding carboxylic acids is 3. The normalized spacial score (nSPS) is 18.4. The molecule has 154 valence electrons. The number of imide groups is 1. The maximum absolute atomic E-state index is 12.7. The molecule has 2 atom stereocenters. The van der Waals surface area contributed by atoms with Crippen molar-refractivity contribution in [2.75, 3.05) is 6.61 Å². The number of rotatable bonds is 7. The van der Waals surface area contributed by atoms with Gasteiger partial charge in [0.1, 0.15) is 12.1 Å². The molecule has 2 rings (SSSR count). The molecular weight excluding hydrogens is 383 g/mol. The van der Waals surface area contributed by atoms with Crippen molar-refractivity contribution in [1.82, 2.24) is 15.7 Å². The van der Waals surface area contributed by atoms with Crippen LogP contribution >= 0.6 is 0 Å². The number of benzene rings is 1. The molecule has 0 spiro atoms. The van der Waals surface area contributed by atoms with E-state index in [4.69, 9.17) is 9.94 Å². The van der Waals surface area contributed by atoms with E-state index >= 15 is 0 Å². The Hall–Kier alpha value is -2.66. The molecule has 1 fully saturated rings. The Labute approximate surface area is 158 Å². The van der Waals surface area contributed by atoms with Crippen LogP contribution in [0.1, 0.15) is 25.0 Å². The molecule has 11 heteroatoms. The number of carbonyl (C=O) groups is 3. The van der Waals surface area contributed by atoms with Gasteiger partial charge in [-0.15, -0.1) is 0 Å². The van der Waals surface area contributed by atoms with Gasteiger partial charge in [-0.2, -0.15) is 13.2 Å². The van der Waals surface area contributed by atoms with Gasteiger partial charge in [-0.25, -0.2) is 15.2 Å². The number of alkyl halides is 3. The molecule has 1 aliphatic heterocycles. The summed E-state index contributed by atoms with van der Waals surface area (Å²) in [5.74, 6) is -2.10. The second-order valence-corrected chi connectivity index (χ2v) is 6.59. The van der Waals surface area contributed by atoms with Crippen LogP contribution in [-0.4, -0.2) is 46.6 Å². The highest BCUT2D eigenvalue weighted by molar-refractivity contribution is 6.07. The van der Waals surface area contributed by atoms with Gasteiger partial charge in [-0.1, -0.05) is 26.0 Å². The van der Waals surface area contributed by atoms with Crippen molar-refractivity contribution in [1.29, 1.82) is 0 Å². The topological polar surface area (TPSA) is 108 Å². The van der Waals surface area contributed by atoms with Gasteiger partial charge in [-0.05, 0) is 23.6 Å². The zero-order chi connectivity index (χ0) is 21.1. The third-order valence-corrected chi connectivity index (χ3v) is 4.15. The highest BCUT2D eigenvalue weighted by Gasteiger charge is 2.45. The van der Waals surface area contributed by atoms with E-state index < -0.39 is 47.6 Å². The summed E-state index contributed by atoms with van der Waals surface area (Å²) in [6, 6.07) is 1.42. The second kappa shape index (κ2) is 8.57. The van der Waals surface area contributed by atoms with Crippen LogP contribution in [0.4, 0.5) is 18.0 Å². The summed E-state index contributed by atoms with van der Waals surface area (Å²) in [5.41, 5.74) is 0.859. The SMILES string of the molecule is CC(C)[C@H](C(=O)NO)N1C(=O)N[C@@H](COCc2cccc(C(F)(F)F)c2)C1=O. The van der Waals surface area contributed by atoms with Crippen LogP contribution in [0.15, 0.2) is 24.3 Å². The van der Waals surface area contributed by atoms with E-state index in [9.17, 15) is 27.6 Å². The summed E-state index contributed by atoms with van der Waals surface area (Å²) < 4.78 is 43.4. The summed E-state index contributed by atoms with van der Waals surface area (Å²) in [5, 5.41) is 11.2. The molecule has 0 aliphatic carbocycles. The first-order chi connectivity index (χ1) is 13.1. The zero-order valence-corrected chi connectivity index (χ0v) is 15.1. The molecule has 1 aromatic carbocycles. The minimum absolute atomic E-state index is 0.200. The fourth-order valence-electron chi connectivity index (χ4n) is 2.84.